The van der Waals surface area contributed by atoms with Crippen LogP contribution < -0.4 is 25.8 Å². The van der Waals surface area contributed by atoms with Crippen molar-refractivity contribution in [3.8, 4) is 5.75 Å². The second-order valence-corrected chi connectivity index (χ2v) is 10.3. The minimum Gasteiger partial charge on any atom is -0.497 e. The number of likely N-dealkylation sites (N-methyl/N-ethyl adjacent to an activating group) is 1. The summed E-state index contributed by atoms with van der Waals surface area (Å²) < 4.78 is 6.43. The average molecular weight is 589 g/mol. The highest BCUT2D eigenvalue weighted by atomic mass is 16.5. The highest BCUT2D eigenvalue weighted by Crippen LogP contribution is 2.20. The monoisotopic (exact) mass is 588 g/mol. The van der Waals surface area contributed by atoms with Crippen molar-refractivity contribution in [2.24, 2.45) is 0 Å². The van der Waals surface area contributed by atoms with E-state index in [1.54, 1.807) is 56.6 Å². The van der Waals surface area contributed by atoms with Crippen LogP contribution in [-0.2, 0) is 22.6 Å². The number of hydrogen-bond donors (Lipinski definition) is 2. The van der Waals surface area contributed by atoms with E-state index >= 15 is 0 Å². The van der Waals surface area contributed by atoms with E-state index in [1.165, 1.54) is 21.7 Å². The summed E-state index contributed by atoms with van der Waals surface area (Å²) in [6, 6.07) is 31.4. The molecule has 44 heavy (non-hydrogen) atoms. The lowest BCUT2D eigenvalue weighted by molar-refractivity contribution is -0.127. The van der Waals surface area contributed by atoms with Gasteiger partial charge in [-0.3, -0.25) is 19.2 Å². The molecule has 0 saturated heterocycles. The van der Waals surface area contributed by atoms with Crippen molar-refractivity contribution in [3.05, 3.63) is 137 Å². The van der Waals surface area contributed by atoms with E-state index in [0.717, 1.165) is 16.3 Å². The van der Waals surface area contributed by atoms with Gasteiger partial charge in [0.05, 0.1) is 7.11 Å². The molecule has 0 spiro atoms. The normalized spacial score (nSPS) is 11.4. The molecule has 222 valence electrons. The SMILES string of the molecule is COc1ccc(N(C)C(=O)C(Cc2ccccc2)NC(=O)Cn2ccc(NC(=O)c3ccc4ccccc4c3)cc2=O)cc1. The second-order valence-electron chi connectivity index (χ2n) is 10.3. The fourth-order valence-corrected chi connectivity index (χ4v) is 4.86. The summed E-state index contributed by atoms with van der Waals surface area (Å²) >= 11 is 0. The molecule has 0 saturated carbocycles. The number of methoxy groups -OCH3 is 1. The minimum atomic E-state index is -0.881. The van der Waals surface area contributed by atoms with E-state index in [0.29, 0.717) is 22.7 Å². The summed E-state index contributed by atoms with van der Waals surface area (Å²) in [5.41, 5.74) is 1.81. The number of nitrogens with zero attached hydrogens (tertiary/aromatic N) is 2. The predicted octanol–water partition coefficient (Wildman–Crippen LogP) is 4.65. The zero-order valence-electron chi connectivity index (χ0n) is 24.4. The lowest BCUT2D eigenvalue weighted by Gasteiger charge is -2.25. The number of aromatic nitrogens is 1. The predicted molar refractivity (Wildman–Crippen MR) is 171 cm³/mol. The van der Waals surface area contributed by atoms with Crippen LogP contribution in [-0.4, -0.2) is 42.5 Å². The largest absolute Gasteiger partial charge is 0.497 e. The molecule has 1 atom stereocenters. The molecule has 2 N–H and O–H groups in total. The number of anilines is 2. The standard InChI is InChI=1S/C35H32N4O5/c1-38(29-14-16-30(44-2)17-15-29)35(43)31(20-24-8-4-3-5-9-24)37-32(40)23-39-19-18-28(22-33(39)41)36-34(42)27-13-12-25-10-6-7-11-26(25)21-27/h3-19,21-22,31H,20,23H2,1-2H3,(H,36,42)(H,37,40). The topological polar surface area (TPSA) is 110 Å². The summed E-state index contributed by atoms with van der Waals surface area (Å²) in [7, 11) is 3.21. The van der Waals surface area contributed by atoms with Crippen molar-refractivity contribution in [2.75, 3.05) is 24.4 Å². The third-order valence-corrected chi connectivity index (χ3v) is 7.29. The van der Waals surface area contributed by atoms with Crippen molar-refractivity contribution in [1.29, 1.82) is 0 Å². The molecule has 0 bridgehead atoms. The Morgan fingerprint density at radius 3 is 2.25 bits per heavy atom. The first kappa shape index (κ1) is 29.8. The van der Waals surface area contributed by atoms with Crippen LogP contribution >= 0.6 is 0 Å². The lowest BCUT2D eigenvalue weighted by atomic mass is 10.0. The number of nitrogens with one attached hydrogen (secondary N) is 2. The molecule has 1 heterocycles. The van der Waals surface area contributed by atoms with Crippen LogP contribution in [0.25, 0.3) is 10.8 Å². The van der Waals surface area contributed by atoms with Gasteiger partial charge in [-0.05, 0) is 58.8 Å². The maximum atomic E-state index is 13.6. The molecule has 0 aliphatic rings. The van der Waals surface area contributed by atoms with Gasteiger partial charge in [0, 0.05) is 42.7 Å². The fourth-order valence-electron chi connectivity index (χ4n) is 4.86. The Hall–Kier alpha value is -5.70. The number of benzene rings is 4. The molecule has 1 unspecified atom stereocenters. The summed E-state index contributed by atoms with van der Waals surface area (Å²) in [6.07, 6.45) is 1.70. The average Bonchev–Trinajstić information content (AvgIpc) is 3.05. The van der Waals surface area contributed by atoms with Gasteiger partial charge in [-0.25, -0.2) is 0 Å². The molecule has 9 nitrogen and oxygen atoms in total. The number of carbonyl (C=O) groups excluding carboxylic acids is 3. The maximum Gasteiger partial charge on any atom is 0.255 e. The van der Waals surface area contributed by atoms with Gasteiger partial charge in [0.25, 0.3) is 11.5 Å². The fraction of sp³-hybridized carbons (Fsp3) is 0.143. The Morgan fingerprint density at radius 2 is 1.55 bits per heavy atom. The summed E-state index contributed by atoms with van der Waals surface area (Å²) in [6.45, 7) is -0.303. The Kier molecular flexibility index (Phi) is 9.15. The van der Waals surface area contributed by atoms with Gasteiger partial charge in [0.15, 0.2) is 0 Å². The number of amides is 3. The van der Waals surface area contributed by atoms with Gasteiger partial charge in [-0.2, -0.15) is 0 Å². The zero-order valence-corrected chi connectivity index (χ0v) is 24.4. The van der Waals surface area contributed by atoms with Crippen LogP contribution in [0, 0.1) is 0 Å². The number of pyridine rings is 1. The zero-order chi connectivity index (χ0) is 31.1. The van der Waals surface area contributed by atoms with Gasteiger partial charge in [-0.1, -0.05) is 60.7 Å². The highest BCUT2D eigenvalue weighted by Gasteiger charge is 2.25. The van der Waals surface area contributed by atoms with Crippen LogP contribution in [0.15, 0.2) is 120 Å². The molecular weight excluding hydrogens is 556 g/mol. The molecular formula is C35H32N4O5. The van der Waals surface area contributed by atoms with E-state index in [2.05, 4.69) is 10.6 Å². The first-order valence-electron chi connectivity index (χ1n) is 14.1. The van der Waals surface area contributed by atoms with Crippen molar-refractivity contribution in [1.82, 2.24) is 9.88 Å². The van der Waals surface area contributed by atoms with E-state index in [1.807, 2.05) is 60.7 Å². The smallest absolute Gasteiger partial charge is 0.255 e. The Balaban J connectivity index is 1.27. The van der Waals surface area contributed by atoms with Crippen LogP contribution in [0.1, 0.15) is 15.9 Å². The minimum absolute atomic E-state index is 0.264. The van der Waals surface area contributed by atoms with E-state index in [-0.39, 0.29) is 24.8 Å². The van der Waals surface area contributed by atoms with Gasteiger partial charge >= 0.3 is 0 Å². The van der Waals surface area contributed by atoms with E-state index < -0.39 is 17.5 Å². The summed E-state index contributed by atoms with van der Waals surface area (Å²) in [5.74, 6) is -0.508. The quantitative estimate of drug-likeness (QED) is 0.247. The number of fused-ring (bicyclic) bond motifs is 1. The molecule has 4 aromatic carbocycles. The lowest BCUT2D eigenvalue weighted by Crippen LogP contribution is -2.50. The van der Waals surface area contributed by atoms with Crippen molar-refractivity contribution < 1.29 is 19.1 Å². The van der Waals surface area contributed by atoms with Gasteiger partial charge in [0.1, 0.15) is 18.3 Å². The third kappa shape index (κ3) is 7.19. The number of carbonyl (C=O) groups is 3. The first-order chi connectivity index (χ1) is 21.3. The molecule has 0 aliphatic heterocycles. The van der Waals surface area contributed by atoms with Gasteiger partial charge < -0.3 is 24.8 Å². The first-order valence-corrected chi connectivity index (χ1v) is 14.1. The molecule has 9 heteroatoms. The summed E-state index contributed by atoms with van der Waals surface area (Å²) in [4.78, 5) is 53.9. The van der Waals surface area contributed by atoms with Crippen molar-refractivity contribution >= 4 is 39.9 Å². The molecule has 0 radical (unpaired) electrons. The maximum absolute atomic E-state index is 13.6. The van der Waals surface area contributed by atoms with Crippen LogP contribution in [0.3, 0.4) is 0 Å². The van der Waals surface area contributed by atoms with Crippen LogP contribution in [0.2, 0.25) is 0 Å². The van der Waals surface area contributed by atoms with E-state index in [9.17, 15) is 19.2 Å². The van der Waals surface area contributed by atoms with E-state index in [4.69, 9.17) is 4.74 Å². The Bertz CT molecular complexity index is 1850. The van der Waals surface area contributed by atoms with Crippen LogP contribution in [0.4, 0.5) is 11.4 Å². The van der Waals surface area contributed by atoms with Crippen molar-refractivity contribution in [3.63, 3.8) is 0 Å². The molecule has 5 aromatic rings. The molecule has 5 rings (SSSR count). The second kappa shape index (κ2) is 13.5. The van der Waals surface area contributed by atoms with Gasteiger partial charge in [0.2, 0.25) is 11.8 Å². The number of rotatable bonds is 10. The molecule has 1 aromatic heterocycles. The number of hydrogen-bond acceptors (Lipinski definition) is 5. The Morgan fingerprint density at radius 1 is 0.841 bits per heavy atom. The van der Waals surface area contributed by atoms with Gasteiger partial charge in [-0.15, -0.1) is 0 Å². The Labute approximate surface area is 254 Å². The highest BCUT2D eigenvalue weighted by molar-refractivity contribution is 6.06. The third-order valence-electron chi connectivity index (χ3n) is 7.29. The molecule has 0 fully saturated rings. The molecule has 0 aliphatic carbocycles. The van der Waals surface area contributed by atoms with Crippen LogP contribution in [0.5, 0.6) is 5.75 Å². The summed E-state index contributed by atoms with van der Waals surface area (Å²) in [5, 5.41) is 7.51. The number of ether oxygens (including phenoxy) is 1. The van der Waals surface area contributed by atoms with Crippen molar-refractivity contribution in [2.45, 2.75) is 19.0 Å². The molecule has 3 amide bonds.